The summed E-state index contributed by atoms with van der Waals surface area (Å²) in [4.78, 5) is 5.16. The maximum absolute atomic E-state index is 8.56. The molecule has 0 amide bonds. The van der Waals surface area contributed by atoms with E-state index in [-0.39, 0.29) is 0 Å². The lowest BCUT2D eigenvalue weighted by Crippen LogP contribution is -2.08. The largest absolute Gasteiger partial charge is 0.388 e. The molecule has 3 nitrogen and oxygen atoms in total. The second-order valence-corrected chi connectivity index (χ2v) is 2.97. The van der Waals surface area contributed by atoms with Gasteiger partial charge >= 0.3 is 5.69 Å². The third-order valence-corrected chi connectivity index (χ3v) is 1.80. The zero-order valence-electron chi connectivity index (χ0n) is 7.57. The van der Waals surface area contributed by atoms with E-state index in [0.29, 0.717) is 5.69 Å². The summed E-state index contributed by atoms with van der Waals surface area (Å²) >= 11 is 0. The predicted octanol–water partition coefficient (Wildman–Crippen LogP) is 2.55. The van der Waals surface area contributed by atoms with Crippen LogP contribution in [0.1, 0.15) is 5.56 Å². The first-order valence-corrected chi connectivity index (χ1v) is 3.78. The Morgan fingerprint density at radius 3 is 2.42 bits per heavy atom. The number of hydrogen-bond acceptors (Lipinski definition) is 2. The van der Waals surface area contributed by atoms with Gasteiger partial charge in [0.25, 0.3) is 0 Å². The van der Waals surface area contributed by atoms with E-state index in [1.165, 1.54) is 0 Å². The molecule has 62 valence electrons. The van der Waals surface area contributed by atoms with Crippen LogP contribution in [0.15, 0.2) is 18.2 Å². The molecular formula is C9H12N3+. The van der Waals surface area contributed by atoms with Crippen LogP contribution < -0.4 is 4.90 Å². The van der Waals surface area contributed by atoms with E-state index in [9.17, 15) is 0 Å². The molecule has 0 aliphatic heterocycles. The van der Waals surface area contributed by atoms with E-state index in [0.717, 1.165) is 11.3 Å². The number of hydrogen-bond donors (Lipinski definition) is 0. The van der Waals surface area contributed by atoms with E-state index < -0.39 is 0 Å². The van der Waals surface area contributed by atoms with Crippen molar-refractivity contribution in [2.45, 2.75) is 6.92 Å². The molecule has 0 unspecified atom stereocenters. The number of aryl methyl sites for hydroxylation is 1. The Morgan fingerprint density at radius 2 is 2.00 bits per heavy atom. The highest BCUT2D eigenvalue weighted by atomic mass is 15.1. The van der Waals surface area contributed by atoms with Crippen molar-refractivity contribution in [3.63, 3.8) is 0 Å². The molecule has 0 N–H and O–H groups in total. The monoisotopic (exact) mass is 162 g/mol. The molecule has 0 fully saturated rings. The van der Waals surface area contributed by atoms with Crippen LogP contribution in [0.3, 0.4) is 0 Å². The molecule has 0 aliphatic rings. The van der Waals surface area contributed by atoms with Crippen molar-refractivity contribution >= 4 is 11.4 Å². The lowest BCUT2D eigenvalue weighted by Gasteiger charge is -2.11. The lowest BCUT2D eigenvalue weighted by molar-refractivity contribution is 1.13. The van der Waals surface area contributed by atoms with Gasteiger partial charge in [0.05, 0.1) is 0 Å². The van der Waals surface area contributed by atoms with Gasteiger partial charge in [-0.2, -0.15) is 0 Å². The molecular weight excluding hydrogens is 150 g/mol. The van der Waals surface area contributed by atoms with Crippen molar-refractivity contribution in [3.05, 3.63) is 28.7 Å². The van der Waals surface area contributed by atoms with Crippen molar-refractivity contribution in [1.82, 2.24) is 0 Å². The van der Waals surface area contributed by atoms with Gasteiger partial charge in [-0.25, -0.2) is 0 Å². The molecule has 0 saturated carbocycles. The molecule has 0 bridgehead atoms. The van der Waals surface area contributed by atoms with E-state index in [4.69, 9.17) is 5.39 Å². The summed E-state index contributed by atoms with van der Waals surface area (Å²) in [6.07, 6.45) is 0. The quantitative estimate of drug-likeness (QED) is 0.594. The van der Waals surface area contributed by atoms with Crippen LogP contribution in [0.2, 0.25) is 0 Å². The lowest BCUT2D eigenvalue weighted by atomic mass is 10.2. The fraction of sp³-hybridized carbons (Fsp3) is 0.333. The van der Waals surface area contributed by atoms with Crippen molar-refractivity contribution in [2.75, 3.05) is 19.0 Å². The second kappa shape index (κ2) is 3.22. The fourth-order valence-corrected chi connectivity index (χ4v) is 1.03. The third-order valence-electron chi connectivity index (χ3n) is 1.80. The zero-order chi connectivity index (χ0) is 9.14. The summed E-state index contributed by atoms with van der Waals surface area (Å²) in [5, 5.41) is 8.56. The van der Waals surface area contributed by atoms with Gasteiger partial charge in [0.15, 0.2) is 4.98 Å². The van der Waals surface area contributed by atoms with Gasteiger partial charge < -0.3 is 4.90 Å². The summed E-state index contributed by atoms with van der Waals surface area (Å²) < 4.78 is 0. The van der Waals surface area contributed by atoms with Crippen molar-refractivity contribution < 1.29 is 0 Å². The molecule has 0 aromatic heterocycles. The molecule has 1 rings (SSSR count). The molecule has 1 aromatic carbocycles. The minimum absolute atomic E-state index is 0.626. The first-order valence-electron chi connectivity index (χ1n) is 3.78. The van der Waals surface area contributed by atoms with Crippen molar-refractivity contribution in [3.8, 4) is 0 Å². The molecule has 0 aliphatic carbocycles. The zero-order valence-corrected chi connectivity index (χ0v) is 7.57. The van der Waals surface area contributed by atoms with Gasteiger partial charge in [0.2, 0.25) is 5.39 Å². The van der Waals surface area contributed by atoms with Crippen LogP contribution in [-0.2, 0) is 0 Å². The SMILES string of the molecule is Cc1cc(N(C)C)ccc1[N+]#N. The second-order valence-electron chi connectivity index (χ2n) is 2.97. The van der Waals surface area contributed by atoms with Crippen LogP contribution in [0.25, 0.3) is 4.98 Å². The topological polar surface area (TPSA) is 31.4 Å². The van der Waals surface area contributed by atoms with Crippen molar-refractivity contribution in [2.24, 2.45) is 0 Å². The van der Waals surface area contributed by atoms with Gasteiger partial charge in [-0.15, -0.1) is 0 Å². The summed E-state index contributed by atoms with van der Waals surface area (Å²) in [7, 11) is 3.95. The van der Waals surface area contributed by atoms with E-state index >= 15 is 0 Å². The Morgan fingerprint density at radius 1 is 1.33 bits per heavy atom. The van der Waals surface area contributed by atoms with Gasteiger partial charge in [-0.1, -0.05) is 0 Å². The van der Waals surface area contributed by atoms with Crippen LogP contribution in [0.4, 0.5) is 11.4 Å². The number of rotatable bonds is 1. The van der Waals surface area contributed by atoms with E-state index in [1.807, 2.05) is 38.1 Å². The number of benzene rings is 1. The maximum Gasteiger partial charge on any atom is 0.388 e. The average molecular weight is 162 g/mol. The van der Waals surface area contributed by atoms with Gasteiger partial charge in [0, 0.05) is 31.4 Å². The Balaban J connectivity index is 3.12. The first-order chi connectivity index (χ1) is 5.65. The molecule has 1 aromatic rings. The minimum Gasteiger partial charge on any atom is -0.378 e. The van der Waals surface area contributed by atoms with Crippen LogP contribution in [0.5, 0.6) is 0 Å². The Labute approximate surface area is 72.2 Å². The molecule has 0 radical (unpaired) electrons. The Hall–Kier alpha value is -1.56. The fourth-order valence-electron chi connectivity index (χ4n) is 1.03. The highest BCUT2D eigenvalue weighted by Gasteiger charge is 2.09. The molecule has 12 heavy (non-hydrogen) atoms. The van der Waals surface area contributed by atoms with Crippen LogP contribution in [0, 0.1) is 12.3 Å². The average Bonchev–Trinajstić information content (AvgIpc) is 2.04. The highest BCUT2D eigenvalue weighted by Crippen LogP contribution is 2.23. The molecule has 0 spiro atoms. The molecule has 0 saturated heterocycles. The Kier molecular flexibility index (Phi) is 2.29. The minimum atomic E-state index is 0.626. The first kappa shape index (κ1) is 8.54. The van der Waals surface area contributed by atoms with Crippen LogP contribution >= 0.6 is 0 Å². The van der Waals surface area contributed by atoms with Crippen molar-refractivity contribution in [1.29, 1.82) is 5.39 Å². The number of anilines is 1. The summed E-state index contributed by atoms with van der Waals surface area (Å²) in [5.41, 5.74) is 2.71. The summed E-state index contributed by atoms with van der Waals surface area (Å²) in [6, 6.07) is 5.70. The summed E-state index contributed by atoms with van der Waals surface area (Å²) in [5.74, 6) is 0. The normalized spacial score (nSPS) is 9.17. The van der Waals surface area contributed by atoms with Gasteiger partial charge in [-0.3, -0.25) is 0 Å². The molecule has 3 heteroatoms. The standard InChI is InChI=1S/C9H12N3/c1-7-6-8(12(2)3)4-5-9(7)11-10/h4-6H,1-3H3/q+1. The van der Waals surface area contributed by atoms with Crippen LogP contribution in [-0.4, -0.2) is 14.1 Å². The van der Waals surface area contributed by atoms with Gasteiger partial charge in [0.1, 0.15) is 0 Å². The predicted molar refractivity (Wildman–Crippen MR) is 50.3 cm³/mol. The maximum atomic E-state index is 8.56. The molecule has 0 atom stereocenters. The molecule has 0 heterocycles. The Bertz CT molecular complexity index is 323. The number of diazo groups is 1. The van der Waals surface area contributed by atoms with Gasteiger partial charge in [-0.05, 0) is 19.1 Å². The smallest absolute Gasteiger partial charge is 0.378 e. The number of nitrogens with zero attached hydrogens (tertiary/aromatic N) is 3. The van der Waals surface area contributed by atoms with E-state index in [2.05, 4.69) is 4.98 Å². The van der Waals surface area contributed by atoms with E-state index in [1.54, 1.807) is 6.07 Å². The summed E-state index contributed by atoms with van der Waals surface area (Å²) in [6.45, 7) is 1.92. The highest BCUT2D eigenvalue weighted by molar-refractivity contribution is 5.59. The third kappa shape index (κ3) is 1.54.